The minimum absolute atomic E-state index is 0.0568. The van der Waals surface area contributed by atoms with E-state index in [4.69, 9.17) is 14.5 Å². The van der Waals surface area contributed by atoms with Gasteiger partial charge >= 0.3 is 6.03 Å². The molecule has 7 heteroatoms. The molecule has 0 radical (unpaired) electrons. The number of nitrogens with zero attached hydrogens (tertiary/aromatic N) is 2. The van der Waals surface area contributed by atoms with Gasteiger partial charge in [-0.3, -0.25) is 4.90 Å². The summed E-state index contributed by atoms with van der Waals surface area (Å²) in [7, 11) is 0. The molecular formula is C17H19N3O3S. The van der Waals surface area contributed by atoms with E-state index in [2.05, 4.69) is 12.2 Å². The summed E-state index contributed by atoms with van der Waals surface area (Å²) in [5, 5.41) is 3.83. The fourth-order valence-corrected chi connectivity index (χ4v) is 4.98. The van der Waals surface area contributed by atoms with Crippen molar-refractivity contribution >= 4 is 32.7 Å². The zero-order valence-corrected chi connectivity index (χ0v) is 14.3. The first-order chi connectivity index (χ1) is 11.7. The number of nitrogens with one attached hydrogen (secondary N) is 1. The highest BCUT2D eigenvalue weighted by Crippen LogP contribution is 2.40. The summed E-state index contributed by atoms with van der Waals surface area (Å²) in [6.45, 7) is 3.42. The highest BCUT2D eigenvalue weighted by atomic mass is 32.1. The molecule has 0 saturated carbocycles. The number of benzene rings is 1. The number of carbonyl (C=O) groups is 1. The average molecular weight is 345 g/mol. The Bertz CT molecular complexity index is 821. The largest absolute Gasteiger partial charge is 0.493 e. The van der Waals surface area contributed by atoms with E-state index in [9.17, 15) is 4.79 Å². The zero-order chi connectivity index (χ0) is 16.3. The molecular weight excluding hydrogens is 326 g/mol. The molecule has 6 nitrogen and oxygen atoms in total. The van der Waals surface area contributed by atoms with Gasteiger partial charge in [0.2, 0.25) is 0 Å². The summed E-state index contributed by atoms with van der Waals surface area (Å²) >= 11 is 1.59. The van der Waals surface area contributed by atoms with Crippen LogP contribution in [-0.2, 0) is 11.2 Å². The topological polar surface area (TPSA) is 63.7 Å². The molecule has 126 valence electrons. The van der Waals surface area contributed by atoms with Crippen molar-refractivity contribution in [2.75, 3.05) is 18.1 Å². The van der Waals surface area contributed by atoms with Crippen LogP contribution in [-0.4, -0.2) is 42.4 Å². The van der Waals surface area contributed by atoms with Gasteiger partial charge in [-0.1, -0.05) is 18.3 Å². The second-order valence-electron chi connectivity index (χ2n) is 6.58. The van der Waals surface area contributed by atoms with Crippen molar-refractivity contribution < 1.29 is 14.3 Å². The number of hydrogen-bond donors (Lipinski definition) is 1. The maximum absolute atomic E-state index is 12.5. The third-order valence-electron chi connectivity index (χ3n) is 5.22. The van der Waals surface area contributed by atoms with Gasteiger partial charge in [-0.2, -0.15) is 0 Å². The molecule has 0 spiro atoms. The van der Waals surface area contributed by atoms with E-state index < -0.39 is 0 Å². The number of anilines is 1. The van der Waals surface area contributed by atoms with Gasteiger partial charge in [0.25, 0.3) is 0 Å². The number of urea groups is 1. The lowest BCUT2D eigenvalue weighted by molar-refractivity contribution is -0.00414. The molecule has 2 saturated heterocycles. The molecule has 2 amide bonds. The number of rotatable bonds is 2. The van der Waals surface area contributed by atoms with Crippen LogP contribution in [0.4, 0.5) is 9.93 Å². The van der Waals surface area contributed by atoms with Gasteiger partial charge in [-0.05, 0) is 25.0 Å². The average Bonchev–Trinajstić information content (AvgIpc) is 3.28. The van der Waals surface area contributed by atoms with Crippen molar-refractivity contribution in [1.82, 2.24) is 10.3 Å². The van der Waals surface area contributed by atoms with E-state index in [1.54, 1.807) is 11.3 Å². The standard InChI is InChI=1S/C17H19N3O3S/c1-2-9-7-12-11(8-23-9)18-16(21)20(12)17-19-15-10-5-6-22-13(10)3-4-14(15)24-17/h3-4,9,11-12H,2,5-8H2,1H3,(H,18,21)/t9-,11-,12+/m0/s1. The second kappa shape index (κ2) is 5.32. The molecule has 1 aromatic heterocycles. The minimum Gasteiger partial charge on any atom is -0.493 e. The third kappa shape index (κ3) is 2.04. The van der Waals surface area contributed by atoms with Crippen LogP contribution < -0.4 is 15.0 Å². The molecule has 0 aliphatic carbocycles. The van der Waals surface area contributed by atoms with Gasteiger partial charge in [0.05, 0.1) is 41.6 Å². The summed E-state index contributed by atoms with van der Waals surface area (Å²) in [5.74, 6) is 0.931. The molecule has 24 heavy (non-hydrogen) atoms. The highest BCUT2D eigenvalue weighted by molar-refractivity contribution is 7.22. The smallest absolute Gasteiger partial charge is 0.324 e. The molecule has 4 heterocycles. The maximum atomic E-state index is 12.5. The molecule has 0 unspecified atom stereocenters. The highest BCUT2D eigenvalue weighted by Gasteiger charge is 2.45. The molecule has 5 rings (SSSR count). The van der Waals surface area contributed by atoms with E-state index >= 15 is 0 Å². The van der Waals surface area contributed by atoms with Crippen molar-refractivity contribution in [3.05, 3.63) is 17.7 Å². The Morgan fingerprint density at radius 2 is 2.38 bits per heavy atom. The Labute approximate surface area is 143 Å². The minimum atomic E-state index is -0.0581. The van der Waals surface area contributed by atoms with Crippen molar-refractivity contribution in [2.24, 2.45) is 0 Å². The lowest BCUT2D eigenvalue weighted by Gasteiger charge is -2.33. The van der Waals surface area contributed by atoms with Crippen LogP contribution in [0.5, 0.6) is 5.75 Å². The van der Waals surface area contributed by atoms with Crippen molar-refractivity contribution in [1.29, 1.82) is 0 Å². The van der Waals surface area contributed by atoms with Crippen LogP contribution in [0.3, 0.4) is 0 Å². The Balaban J connectivity index is 1.55. The first kappa shape index (κ1) is 14.5. The second-order valence-corrected chi connectivity index (χ2v) is 7.59. The molecule has 3 atom stereocenters. The number of carbonyl (C=O) groups excluding carboxylic acids is 1. The van der Waals surface area contributed by atoms with E-state index in [0.29, 0.717) is 13.2 Å². The van der Waals surface area contributed by atoms with Crippen molar-refractivity contribution in [3.8, 4) is 5.75 Å². The summed E-state index contributed by atoms with van der Waals surface area (Å²) < 4.78 is 12.6. The van der Waals surface area contributed by atoms with Crippen LogP contribution in [0.2, 0.25) is 0 Å². The predicted octanol–water partition coefficient (Wildman–Crippen LogP) is 2.70. The van der Waals surface area contributed by atoms with Crippen LogP contribution in [0.25, 0.3) is 10.2 Å². The molecule has 1 N–H and O–H groups in total. The number of aromatic nitrogens is 1. The first-order valence-corrected chi connectivity index (χ1v) is 9.33. The quantitative estimate of drug-likeness (QED) is 0.909. The van der Waals surface area contributed by atoms with Gasteiger partial charge in [0, 0.05) is 12.0 Å². The van der Waals surface area contributed by atoms with Gasteiger partial charge in [-0.15, -0.1) is 0 Å². The SMILES string of the molecule is CC[C@H]1C[C@@H]2[C@H](CO1)NC(=O)N2c1nc2c3c(ccc2s1)OCC3. The number of fused-ring (bicyclic) bond motifs is 4. The third-order valence-corrected chi connectivity index (χ3v) is 6.24. The summed E-state index contributed by atoms with van der Waals surface area (Å²) in [6, 6.07) is 4.19. The van der Waals surface area contributed by atoms with E-state index in [0.717, 1.165) is 40.4 Å². The Morgan fingerprint density at radius 3 is 3.25 bits per heavy atom. The van der Waals surface area contributed by atoms with Crippen LogP contribution in [0.15, 0.2) is 12.1 Å². The number of ether oxygens (including phenoxy) is 2. The molecule has 1 aromatic carbocycles. The number of thiazole rings is 1. The van der Waals surface area contributed by atoms with E-state index in [1.807, 2.05) is 17.0 Å². The van der Waals surface area contributed by atoms with Gasteiger partial charge in [0.15, 0.2) is 5.13 Å². The summed E-state index contributed by atoms with van der Waals surface area (Å²) in [5.41, 5.74) is 2.16. The van der Waals surface area contributed by atoms with Crippen LogP contribution in [0.1, 0.15) is 25.3 Å². The zero-order valence-electron chi connectivity index (χ0n) is 13.4. The molecule has 3 aliphatic rings. The fourth-order valence-electron chi connectivity index (χ4n) is 3.93. The Morgan fingerprint density at radius 1 is 1.46 bits per heavy atom. The van der Waals surface area contributed by atoms with E-state index in [-0.39, 0.29) is 24.2 Å². The molecule has 3 aliphatic heterocycles. The van der Waals surface area contributed by atoms with Crippen LogP contribution >= 0.6 is 11.3 Å². The number of amides is 2. The Kier molecular flexibility index (Phi) is 3.21. The fraction of sp³-hybridized carbons (Fsp3) is 0.529. The summed E-state index contributed by atoms with van der Waals surface area (Å²) in [6.07, 6.45) is 2.93. The monoisotopic (exact) mass is 345 g/mol. The number of hydrogen-bond acceptors (Lipinski definition) is 5. The van der Waals surface area contributed by atoms with Crippen molar-refractivity contribution in [3.63, 3.8) is 0 Å². The van der Waals surface area contributed by atoms with Crippen LogP contribution in [0, 0.1) is 0 Å². The molecule has 2 fully saturated rings. The first-order valence-electron chi connectivity index (χ1n) is 8.51. The van der Waals surface area contributed by atoms with Crippen molar-refractivity contribution in [2.45, 2.75) is 44.4 Å². The van der Waals surface area contributed by atoms with Gasteiger partial charge < -0.3 is 14.8 Å². The Hall–Kier alpha value is -1.86. The van der Waals surface area contributed by atoms with Gasteiger partial charge in [-0.25, -0.2) is 9.78 Å². The summed E-state index contributed by atoms with van der Waals surface area (Å²) in [4.78, 5) is 19.2. The van der Waals surface area contributed by atoms with E-state index in [1.165, 1.54) is 5.56 Å². The lowest BCUT2D eigenvalue weighted by atomic mass is 9.98. The lowest BCUT2D eigenvalue weighted by Crippen LogP contribution is -2.47. The normalized spacial score (nSPS) is 28.6. The molecule has 0 bridgehead atoms. The van der Waals surface area contributed by atoms with Gasteiger partial charge in [0.1, 0.15) is 5.75 Å². The molecule has 2 aromatic rings. The predicted molar refractivity (Wildman–Crippen MR) is 92.1 cm³/mol. The maximum Gasteiger partial charge on any atom is 0.324 e.